The quantitative estimate of drug-likeness (QED) is 0.390. The van der Waals surface area contributed by atoms with Crippen molar-refractivity contribution in [3.05, 3.63) is 44.9 Å². The highest BCUT2D eigenvalue weighted by atomic mass is 127. The molecule has 1 heterocycles. The van der Waals surface area contributed by atoms with Crippen LogP contribution in [-0.2, 0) is 17.8 Å². The van der Waals surface area contributed by atoms with Crippen molar-refractivity contribution in [1.82, 2.24) is 14.7 Å². The Morgan fingerprint density at radius 3 is 2.90 bits per heavy atom. The molecule has 1 aromatic carbocycles. The number of nitrogens with one attached hydrogen (secondary N) is 2. The fraction of sp³-hybridized carbons (Fsp3) is 0.0909. The normalized spacial score (nSPS) is 12.2. The molecule has 0 bridgehead atoms. The van der Waals surface area contributed by atoms with E-state index in [0.717, 1.165) is 14.8 Å². The van der Waals surface area contributed by atoms with Crippen LogP contribution in [0.5, 0.6) is 0 Å². The summed E-state index contributed by atoms with van der Waals surface area (Å²) in [6.07, 6.45) is 1.61. The summed E-state index contributed by atoms with van der Waals surface area (Å²) in [5, 5.41) is 3.29. The summed E-state index contributed by atoms with van der Waals surface area (Å²) in [5.74, 6) is 0.586. The molecule has 0 saturated carbocycles. The van der Waals surface area contributed by atoms with Crippen molar-refractivity contribution >= 4 is 57.0 Å². The van der Waals surface area contributed by atoms with Crippen molar-refractivity contribution in [2.75, 3.05) is 5.32 Å². The van der Waals surface area contributed by atoms with Gasteiger partial charge in [0.15, 0.2) is 0 Å². The molecule has 0 radical (unpaired) electrons. The van der Waals surface area contributed by atoms with Gasteiger partial charge in [0.2, 0.25) is 16.6 Å². The molecule has 0 aliphatic heterocycles. The SMILES string of the molecule is O=S(O)NCc1ccccc1Nc1nc(Cl)ncc1I. The van der Waals surface area contributed by atoms with Gasteiger partial charge in [-0.15, -0.1) is 0 Å². The maximum atomic E-state index is 10.7. The molecular weight excluding hydrogens is 415 g/mol. The summed E-state index contributed by atoms with van der Waals surface area (Å²) >= 11 is 5.82. The zero-order chi connectivity index (χ0) is 14.5. The van der Waals surface area contributed by atoms with Gasteiger partial charge >= 0.3 is 0 Å². The topological polar surface area (TPSA) is 87.1 Å². The number of benzene rings is 1. The Hall–Kier alpha value is -0.810. The zero-order valence-corrected chi connectivity index (χ0v) is 13.7. The molecule has 0 aliphatic rings. The van der Waals surface area contributed by atoms with Crippen molar-refractivity contribution in [1.29, 1.82) is 0 Å². The number of para-hydroxylation sites is 1. The van der Waals surface area contributed by atoms with E-state index in [-0.39, 0.29) is 11.8 Å². The van der Waals surface area contributed by atoms with Crippen LogP contribution < -0.4 is 10.0 Å². The Morgan fingerprint density at radius 1 is 1.40 bits per heavy atom. The van der Waals surface area contributed by atoms with Gasteiger partial charge in [-0.1, -0.05) is 18.2 Å². The van der Waals surface area contributed by atoms with Crippen molar-refractivity contribution < 1.29 is 8.76 Å². The van der Waals surface area contributed by atoms with Gasteiger partial charge in [0, 0.05) is 18.4 Å². The van der Waals surface area contributed by atoms with Crippen LogP contribution in [-0.4, -0.2) is 18.7 Å². The van der Waals surface area contributed by atoms with Gasteiger partial charge in [-0.2, -0.15) is 4.98 Å². The lowest BCUT2D eigenvalue weighted by molar-refractivity contribution is 0.549. The van der Waals surface area contributed by atoms with Crippen molar-refractivity contribution in [3.63, 3.8) is 0 Å². The number of aromatic nitrogens is 2. The summed E-state index contributed by atoms with van der Waals surface area (Å²) in [4.78, 5) is 7.99. The Labute approximate surface area is 136 Å². The van der Waals surface area contributed by atoms with Gasteiger partial charge < -0.3 is 5.32 Å². The van der Waals surface area contributed by atoms with E-state index in [0.29, 0.717) is 5.82 Å². The monoisotopic (exact) mass is 424 g/mol. The number of anilines is 2. The van der Waals surface area contributed by atoms with Gasteiger partial charge in [-0.25, -0.2) is 13.9 Å². The summed E-state index contributed by atoms with van der Waals surface area (Å²) in [6, 6.07) is 7.40. The lowest BCUT2D eigenvalue weighted by atomic mass is 10.2. The first kappa shape index (κ1) is 15.6. The first-order chi connectivity index (χ1) is 9.56. The Balaban J connectivity index is 2.24. The van der Waals surface area contributed by atoms with Gasteiger partial charge in [0.25, 0.3) is 0 Å². The Morgan fingerprint density at radius 2 is 2.15 bits per heavy atom. The van der Waals surface area contributed by atoms with Crippen LogP contribution in [0, 0.1) is 3.57 Å². The standard InChI is InChI=1S/C11H10ClIN4O2S/c12-11-14-6-8(13)10(17-11)16-9-4-2-1-3-7(9)5-15-20(18)19/h1-4,6,15H,5H2,(H,18,19)(H,14,16,17). The minimum absolute atomic E-state index is 0.153. The second kappa shape index (κ2) is 7.27. The second-order valence-electron chi connectivity index (χ2n) is 3.69. The molecule has 20 heavy (non-hydrogen) atoms. The van der Waals surface area contributed by atoms with E-state index in [1.165, 1.54) is 0 Å². The van der Waals surface area contributed by atoms with Crippen LogP contribution in [0.1, 0.15) is 5.56 Å². The lowest BCUT2D eigenvalue weighted by Gasteiger charge is -2.12. The molecule has 0 saturated heterocycles. The average Bonchev–Trinajstić information content (AvgIpc) is 2.42. The third-order valence-corrected chi connectivity index (χ3v) is 3.73. The second-order valence-corrected chi connectivity index (χ2v) is 5.98. The van der Waals surface area contributed by atoms with Crippen molar-refractivity contribution in [2.24, 2.45) is 0 Å². The number of hydrogen-bond acceptors (Lipinski definition) is 4. The molecule has 0 fully saturated rings. The minimum Gasteiger partial charge on any atom is -0.339 e. The molecule has 0 aliphatic carbocycles. The first-order valence-corrected chi connectivity index (χ1v) is 8.00. The summed E-state index contributed by atoms with van der Waals surface area (Å²) in [7, 11) is 0. The third-order valence-electron chi connectivity index (χ3n) is 2.37. The van der Waals surface area contributed by atoms with E-state index in [1.54, 1.807) is 6.20 Å². The summed E-state index contributed by atoms with van der Waals surface area (Å²) in [5.41, 5.74) is 1.61. The van der Waals surface area contributed by atoms with E-state index >= 15 is 0 Å². The highest BCUT2D eigenvalue weighted by Gasteiger charge is 2.08. The van der Waals surface area contributed by atoms with Crippen LogP contribution in [0.2, 0.25) is 5.28 Å². The summed E-state index contributed by atoms with van der Waals surface area (Å²) < 4.78 is 22.7. The zero-order valence-electron chi connectivity index (χ0n) is 10.0. The molecule has 1 atom stereocenters. The van der Waals surface area contributed by atoms with Crippen LogP contribution in [0.4, 0.5) is 11.5 Å². The molecule has 0 spiro atoms. The molecule has 2 rings (SSSR count). The fourth-order valence-corrected chi connectivity index (χ4v) is 2.30. The van der Waals surface area contributed by atoms with E-state index in [4.69, 9.17) is 16.2 Å². The summed E-state index contributed by atoms with van der Waals surface area (Å²) in [6.45, 7) is 0.252. The molecule has 3 N–H and O–H groups in total. The van der Waals surface area contributed by atoms with Gasteiger partial charge in [0.05, 0.1) is 3.57 Å². The van der Waals surface area contributed by atoms with E-state index in [2.05, 4.69) is 42.6 Å². The maximum absolute atomic E-state index is 10.7. The Bertz CT molecular complexity index is 644. The minimum atomic E-state index is -2.05. The van der Waals surface area contributed by atoms with Crippen LogP contribution in [0.3, 0.4) is 0 Å². The largest absolute Gasteiger partial charge is 0.339 e. The number of hydrogen-bond donors (Lipinski definition) is 3. The molecule has 2 aromatic rings. The molecule has 1 unspecified atom stereocenters. The molecule has 6 nitrogen and oxygen atoms in total. The van der Waals surface area contributed by atoms with Crippen molar-refractivity contribution in [2.45, 2.75) is 6.54 Å². The molecule has 9 heteroatoms. The Kier molecular flexibility index (Phi) is 5.66. The van der Waals surface area contributed by atoms with Gasteiger partial charge in [0.1, 0.15) is 5.82 Å². The molecular formula is C11H10ClIN4O2S. The molecule has 106 valence electrons. The van der Waals surface area contributed by atoms with E-state index in [1.807, 2.05) is 24.3 Å². The predicted octanol–water partition coefficient (Wildman–Crippen LogP) is 2.70. The van der Waals surface area contributed by atoms with Crippen LogP contribution >= 0.6 is 34.2 Å². The smallest absolute Gasteiger partial charge is 0.232 e. The number of halogens is 2. The van der Waals surface area contributed by atoms with Gasteiger partial charge in [-0.05, 0) is 45.8 Å². The average molecular weight is 425 g/mol. The predicted molar refractivity (Wildman–Crippen MR) is 87.1 cm³/mol. The lowest BCUT2D eigenvalue weighted by Crippen LogP contribution is -2.16. The number of nitrogens with zero attached hydrogens (tertiary/aromatic N) is 2. The third kappa shape index (κ3) is 4.35. The van der Waals surface area contributed by atoms with E-state index < -0.39 is 11.3 Å². The maximum Gasteiger partial charge on any atom is 0.232 e. The van der Waals surface area contributed by atoms with Gasteiger partial charge in [-0.3, -0.25) is 4.55 Å². The van der Waals surface area contributed by atoms with E-state index in [9.17, 15) is 4.21 Å². The highest BCUT2D eigenvalue weighted by Crippen LogP contribution is 2.23. The first-order valence-electron chi connectivity index (χ1n) is 5.43. The molecule has 0 amide bonds. The fourth-order valence-electron chi connectivity index (χ4n) is 1.50. The van der Waals surface area contributed by atoms with Crippen molar-refractivity contribution in [3.8, 4) is 0 Å². The highest BCUT2D eigenvalue weighted by molar-refractivity contribution is 14.1. The van der Waals surface area contributed by atoms with Crippen LogP contribution in [0.25, 0.3) is 0 Å². The molecule has 1 aromatic heterocycles. The number of rotatable bonds is 5. The van der Waals surface area contributed by atoms with Crippen LogP contribution in [0.15, 0.2) is 30.5 Å².